The first-order chi connectivity index (χ1) is 12.4. The number of rotatable bonds is 4. The van der Waals surface area contributed by atoms with Crippen LogP contribution < -0.4 is 15.0 Å². The van der Waals surface area contributed by atoms with Gasteiger partial charge in [-0.15, -0.1) is 0 Å². The summed E-state index contributed by atoms with van der Waals surface area (Å²) >= 11 is 6.18. The van der Waals surface area contributed by atoms with Gasteiger partial charge in [0.25, 0.3) is 0 Å². The molecular formula is C20H21ClN2O3. The second-order valence-corrected chi connectivity index (χ2v) is 6.96. The summed E-state index contributed by atoms with van der Waals surface area (Å²) in [6.07, 6.45) is 0.159. The van der Waals surface area contributed by atoms with E-state index in [2.05, 4.69) is 5.32 Å². The predicted octanol–water partition coefficient (Wildman–Crippen LogP) is 3.96. The van der Waals surface area contributed by atoms with Crippen molar-refractivity contribution in [2.24, 2.45) is 5.92 Å². The number of hydrogen-bond donors (Lipinski definition) is 1. The molecule has 136 valence electrons. The van der Waals surface area contributed by atoms with Gasteiger partial charge in [0, 0.05) is 13.0 Å². The number of ether oxygens (including phenoxy) is 1. The van der Waals surface area contributed by atoms with Crippen molar-refractivity contribution in [1.82, 2.24) is 0 Å². The standard InChI is InChI=1S/C20H21ClN2O3/c1-12-4-6-16(15(21)8-12)22-20(25)14-10-19(24)23(11-14)17-9-13(2)5-7-18(17)26-3/h4-9,14H,10-11H2,1-3H3,(H,22,25). The fraction of sp³-hybridized carbons (Fsp3) is 0.300. The second kappa shape index (κ2) is 7.38. The molecule has 6 heteroatoms. The molecule has 26 heavy (non-hydrogen) atoms. The molecule has 0 radical (unpaired) electrons. The minimum atomic E-state index is -0.440. The Morgan fingerprint density at radius 3 is 2.58 bits per heavy atom. The average Bonchev–Trinajstić information content (AvgIpc) is 2.99. The van der Waals surface area contributed by atoms with E-state index in [-0.39, 0.29) is 18.2 Å². The fourth-order valence-corrected chi connectivity index (χ4v) is 3.37. The zero-order valence-corrected chi connectivity index (χ0v) is 15.8. The van der Waals surface area contributed by atoms with Gasteiger partial charge in [0.1, 0.15) is 5.75 Å². The van der Waals surface area contributed by atoms with Crippen LogP contribution in [0.4, 0.5) is 11.4 Å². The van der Waals surface area contributed by atoms with E-state index < -0.39 is 5.92 Å². The lowest BCUT2D eigenvalue weighted by molar-refractivity contribution is -0.122. The van der Waals surface area contributed by atoms with E-state index in [0.29, 0.717) is 28.7 Å². The summed E-state index contributed by atoms with van der Waals surface area (Å²) in [6, 6.07) is 11.1. The molecule has 1 unspecified atom stereocenters. The van der Waals surface area contributed by atoms with Crippen LogP contribution in [0.1, 0.15) is 17.5 Å². The number of anilines is 2. The van der Waals surface area contributed by atoms with Gasteiger partial charge in [-0.2, -0.15) is 0 Å². The molecule has 1 heterocycles. The minimum Gasteiger partial charge on any atom is -0.495 e. The van der Waals surface area contributed by atoms with Gasteiger partial charge in [0.05, 0.1) is 29.4 Å². The number of aryl methyl sites for hydroxylation is 2. The smallest absolute Gasteiger partial charge is 0.229 e. The van der Waals surface area contributed by atoms with Crippen molar-refractivity contribution < 1.29 is 14.3 Å². The van der Waals surface area contributed by atoms with Crippen LogP contribution in [0, 0.1) is 19.8 Å². The zero-order valence-electron chi connectivity index (χ0n) is 15.0. The zero-order chi connectivity index (χ0) is 18.8. The summed E-state index contributed by atoms with van der Waals surface area (Å²) in [5.74, 6) is -0.126. The van der Waals surface area contributed by atoms with E-state index in [9.17, 15) is 9.59 Å². The highest BCUT2D eigenvalue weighted by Gasteiger charge is 2.36. The average molecular weight is 373 g/mol. The monoisotopic (exact) mass is 372 g/mol. The van der Waals surface area contributed by atoms with E-state index in [1.807, 2.05) is 38.1 Å². The predicted molar refractivity (Wildman–Crippen MR) is 103 cm³/mol. The maximum atomic E-state index is 12.6. The van der Waals surface area contributed by atoms with Crippen molar-refractivity contribution in [3.05, 3.63) is 52.5 Å². The molecule has 1 saturated heterocycles. The van der Waals surface area contributed by atoms with Crippen LogP contribution in [0.2, 0.25) is 5.02 Å². The Hall–Kier alpha value is -2.53. The topological polar surface area (TPSA) is 58.6 Å². The van der Waals surface area contributed by atoms with Crippen molar-refractivity contribution in [1.29, 1.82) is 0 Å². The maximum Gasteiger partial charge on any atom is 0.229 e. The third-order valence-electron chi connectivity index (χ3n) is 4.50. The largest absolute Gasteiger partial charge is 0.495 e. The van der Waals surface area contributed by atoms with Crippen LogP contribution in [-0.2, 0) is 9.59 Å². The highest BCUT2D eigenvalue weighted by atomic mass is 35.5. The molecular weight excluding hydrogens is 352 g/mol. The highest BCUT2D eigenvalue weighted by molar-refractivity contribution is 6.33. The molecule has 2 aromatic rings. The number of halogens is 1. The van der Waals surface area contributed by atoms with Crippen molar-refractivity contribution in [3.8, 4) is 5.75 Å². The maximum absolute atomic E-state index is 12.6. The highest BCUT2D eigenvalue weighted by Crippen LogP contribution is 2.34. The van der Waals surface area contributed by atoms with Gasteiger partial charge in [-0.1, -0.05) is 23.7 Å². The quantitative estimate of drug-likeness (QED) is 0.883. The number of hydrogen-bond acceptors (Lipinski definition) is 3. The lowest BCUT2D eigenvalue weighted by Crippen LogP contribution is -2.28. The molecule has 0 bridgehead atoms. The van der Waals surface area contributed by atoms with Crippen LogP contribution in [0.25, 0.3) is 0 Å². The molecule has 1 fully saturated rings. The molecule has 0 saturated carbocycles. The van der Waals surface area contributed by atoms with Gasteiger partial charge < -0.3 is 15.0 Å². The molecule has 2 amide bonds. The molecule has 1 atom stereocenters. The number of amides is 2. The third-order valence-corrected chi connectivity index (χ3v) is 4.82. The summed E-state index contributed by atoms with van der Waals surface area (Å²) in [4.78, 5) is 26.7. The number of nitrogens with one attached hydrogen (secondary N) is 1. The molecule has 0 aliphatic carbocycles. The lowest BCUT2D eigenvalue weighted by Gasteiger charge is -2.20. The summed E-state index contributed by atoms with van der Waals surface area (Å²) in [6.45, 7) is 4.20. The van der Waals surface area contributed by atoms with Gasteiger partial charge in [-0.05, 0) is 49.2 Å². The Bertz CT molecular complexity index is 866. The lowest BCUT2D eigenvalue weighted by atomic mass is 10.1. The van der Waals surface area contributed by atoms with Gasteiger partial charge >= 0.3 is 0 Å². The molecule has 2 aromatic carbocycles. The Morgan fingerprint density at radius 2 is 1.88 bits per heavy atom. The van der Waals surface area contributed by atoms with Crippen molar-refractivity contribution >= 4 is 34.8 Å². The number of nitrogens with zero attached hydrogens (tertiary/aromatic N) is 1. The SMILES string of the molecule is COc1ccc(C)cc1N1CC(C(=O)Nc2ccc(C)cc2Cl)CC1=O. The van der Waals surface area contributed by atoms with E-state index in [0.717, 1.165) is 11.1 Å². The summed E-state index contributed by atoms with van der Waals surface area (Å²) in [7, 11) is 1.57. The normalized spacial score (nSPS) is 16.7. The number of carbonyl (C=O) groups is 2. The number of methoxy groups -OCH3 is 1. The first-order valence-electron chi connectivity index (χ1n) is 8.41. The second-order valence-electron chi connectivity index (χ2n) is 6.55. The van der Waals surface area contributed by atoms with Gasteiger partial charge in [-0.25, -0.2) is 0 Å². The number of benzene rings is 2. The van der Waals surface area contributed by atoms with E-state index in [1.54, 1.807) is 24.1 Å². The minimum absolute atomic E-state index is 0.0935. The van der Waals surface area contributed by atoms with E-state index >= 15 is 0 Å². The summed E-state index contributed by atoms with van der Waals surface area (Å²) in [5.41, 5.74) is 3.29. The Morgan fingerprint density at radius 1 is 1.19 bits per heavy atom. The fourth-order valence-electron chi connectivity index (χ4n) is 3.08. The molecule has 0 aromatic heterocycles. The first-order valence-corrected chi connectivity index (χ1v) is 8.79. The molecule has 5 nitrogen and oxygen atoms in total. The van der Waals surface area contributed by atoms with E-state index in [4.69, 9.17) is 16.3 Å². The number of carbonyl (C=O) groups excluding carboxylic acids is 2. The molecule has 0 spiro atoms. The van der Waals surface area contributed by atoms with Gasteiger partial charge in [-0.3, -0.25) is 9.59 Å². The van der Waals surface area contributed by atoms with Crippen LogP contribution in [0.3, 0.4) is 0 Å². The Kier molecular flexibility index (Phi) is 5.18. The Labute approximate surface area is 157 Å². The van der Waals surface area contributed by atoms with Crippen molar-refractivity contribution in [2.45, 2.75) is 20.3 Å². The van der Waals surface area contributed by atoms with Crippen molar-refractivity contribution in [2.75, 3.05) is 23.9 Å². The molecule has 1 aliphatic rings. The van der Waals surface area contributed by atoms with Gasteiger partial charge in [0.2, 0.25) is 11.8 Å². The van der Waals surface area contributed by atoms with Gasteiger partial charge in [0.15, 0.2) is 0 Å². The summed E-state index contributed by atoms with van der Waals surface area (Å²) < 4.78 is 5.37. The summed E-state index contributed by atoms with van der Waals surface area (Å²) in [5, 5.41) is 3.32. The van der Waals surface area contributed by atoms with Crippen LogP contribution in [-0.4, -0.2) is 25.5 Å². The van der Waals surface area contributed by atoms with Crippen LogP contribution in [0.15, 0.2) is 36.4 Å². The van der Waals surface area contributed by atoms with E-state index in [1.165, 1.54) is 0 Å². The molecule has 3 rings (SSSR count). The van der Waals surface area contributed by atoms with Crippen molar-refractivity contribution in [3.63, 3.8) is 0 Å². The molecule has 1 aliphatic heterocycles. The van der Waals surface area contributed by atoms with Crippen LogP contribution >= 0.6 is 11.6 Å². The Balaban J connectivity index is 1.77. The molecule has 1 N–H and O–H groups in total. The third kappa shape index (κ3) is 3.68. The first kappa shape index (κ1) is 18.3. The van der Waals surface area contributed by atoms with Crippen LogP contribution in [0.5, 0.6) is 5.75 Å².